The Morgan fingerprint density at radius 2 is 1.41 bits per heavy atom. The second-order valence-corrected chi connectivity index (χ2v) is 18.2. The van der Waals surface area contributed by atoms with Gasteiger partial charge in [-0.2, -0.15) is 0 Å². The molecule has 330 valence electrons. The number of thiazole rings is 1. The Morgan fingerprint density at radius 3 is 1.94 bits per heavy atom. The minimum Gasteiger partial charge on any atom is -0.448 e. The van der Waals surface area contributed by atoms with Crippen molar-refractivity contribution >= 4 is 63.1 Å². The number of anilines is 1. The van der Waals surface area contributed by atoms with Crippen LogP contribution in [0.4, 0.5) is 5.13 Å². The van der Waals surface area contributed by atoms with Crippen molar-refractivity contribution in [2.75, 3.05) is 19.0 Å². The molecule has 2 aromatic heterocycles. The first-order chi connectivity index (χ1) is 32.3. The van der Waals surface area contributed by atoms with Crippen LogP contribution in [-0.4, -0.2) is 69.6 Å². The van der Waals surface area contributed by atoms with Crippen LogP contribution in [0.3, 0.4) is 0 Å². The highest BCUT2D eigenvalue weighted by Gasteiger charge is 2.55. The average Bonchev–Trinajstić information content (AvgIpc) is 4.02. The molecule has 2 amide bonds. The molecule has 2 atom stereocenters. The van der Waals surface area contributed by atoms with Gasteiger partial charge in [-0.25, -0.2) is 9.78 Å². The fraction of sp³-hybridized carbons (Fsp3) is 0.140. The molecule has 0 aliphatic carbocycles. The molecule has 2 N–H and O–H groups in total. The summed E-state index contributed by atoms with van der Waals surface area (Å²) >= 11 is 4.04. The van der Waals surface area contributed by atoms with E-state index in [1.54, 1.807) is 16.9 Å². The number of thioether (sulfide) groups is 1. The third kappa shape index (κ3) is 9.03. The molecule has 0 bridgehead atoms. The van der Waals surface area contributed by atoms with Crippen molar-refractivity contribution in [1.82, 2.24) is 25.4 Å². The van der Waals surface area contributed by atoms with Crippen molar-refractivity contribution in [3.63, 3.8) is 0 Å². The standard InChI is InChI=1S/C50H41N7O6S3/c1-32-54-55-49(66-32)64-29-28-35-30-62-46-41(45(59)57(46)42(35)47(60)63-43(33-18-8-3-9-19-33)34-20-10-4-11-21-34)52-44(58)40(56-61-2)39-31-65-48(51-39)53-50(36-22-12-5-13-23-36,37-24-14-6-15-25-37)38-26-16-7-17-27-38/h3-29,31,41,43,46H,30H2,1-2H3,(H,51,53)(H,52,58). The van der Waals surface area contributed by atoms with Crippen molar-refractivity contribution in [2.45, 2.75) is 35.2 Å². The van der Waals surface area contributed by atoms with Gasteiger partial charge in [-0.05, 0) is 46.2 Å². The van der Waals surface area contributed by atoms with Crippen LogP contribution in [0.2, 0.25) is 0 Å². The molecule has 0 saturated carbocycles. The van der Waals surface area contributed by atoms with Crippen LogP contribution in [-0.2, 0) is 34.2 Å². The number of hydrogen-bond donors (Lipinski definition) is 2. The van der Waals surface area contributed by atoms with Crippen molar-refractivity contribution in [3.8, 4) is 0 Å². The quantitative estimate of drug-likeness (QED) is 0.0239. The maximum Gasteiger partial charge on any atom is 0.356 e. The number of amides is 2. The van der Waals surface area contributed by atoms with Crippen LogP contribution >= 0.6 is 34.4 Å². The SMILES string of the molecule is CON=C(C(=O)NC1C(=O)N2C(C(=O)OC(c3ccccc3)c3ccccc3)=C(C=CSc3nnc(C)s3)COC12)c1csc(NC(c2ccccc2)(c2ccccc2)c2ccccc2)n1. The normalized spacial score (nSPS) is 16.2. The van der Waals surface area contributed by atoms with Crippen LogP contribution in [0.1, 0.15) is 44.6 Å². The van der Waals surface area contributed by atoms with Crippen molar-refractivity contribution < 1.29 is 28.7 Å². The number of nitrogens with one attached hydrogen (secondary N) is 2. The number of hydrogen-bond acceptors (Lipinski definition) is 14. The lowest BCUT2D eigenvalue weighted by Crippen LogP contribution is -2.73. The van der Waals surface area contributed by atoms with Gasteiger partial charge in [0.2, 0.25) is 0 Å². The van der Waals surface area contributed by atoms with Crippen LogP contribution in [0.25, 0.3) is 0 Å². The number of ether oxygens (including phenoxy) is 2. The number of β-lactam (4-membered cyclic amide) rings is 1. The van der Waals surface area contributed by atoms with E-state index in [0.29, 0.717) is 15.0 Å². The summed E-state index contributed by atoms with van der Waals surface area (Å²) in [6.07, 6.45) is -0.119. The summed E-state index contributed by atoms with van der Waals surface area (Å²) in [6.45, 7) is 1.80. The molecule has 2 aliphatic heterocycles. The van der Waals surface area contributed by atoms with E-state index >= 15 is 0 Å². The lowest BCUT2D eigenvalue weighted by Gasteiger charge is -2.49. The van der Waals surface area contributed by atoms with Gasteiger partial charge >= 0.3 is 5.97 Å². The molecule has 16 heteroatoms. The largest absolute Gasteiger partial charge is 0.448 e. The summed E-state index contributed by atoms with van der Waals surface area (Å²) in [5.74, 6) is -2.05. The molecule has 2 aliphatic rings. The van der Waals surface area contributed by atoms with Gasteiger partial charge < -0.3 is 24.9 Å². The average molecular weight is 932 g/mol. The number of aromatic nitrogens is 3. The summed E-state index contributed by atoms with van der Waals surface area (Å²) in [5.41, 5.74) is 4.00. The van der Waals surface area contributed by atoms with Gasteiger partial charge in [0.25, 0.3) is 11.8 Å². The van der Waals surface area contributed by atoms with Crippen LogP contribution < -0.4 is 10.6 Å². The summed E-state index contributed by atoms with van der Waals surface area (Å²) in [4.78, 5) is 54.2. The highest BCUT2D eigenvalue weighted by atomic mass is 32.2. The van der Waals surface area contributed by atoms with Gasteiger partial charge in [-0.15, -0.1) is 21.5 Å². The van der Waals surface area contributed by atoms with Crippen molar-refractivity contribution in [2.24, 2.45) is 5.16 Å². The Balaban J connectivity index is 0.985. The summed E-state index contributed by atoms with van der Waals surface area (Å²) in [7, 11) is 1.32. The highest BCUT2D eigenvalue weighted by Crippen LogP contribution is 2.41. The number of carbonyl (C=O) groups excluding carboxylic acids is 3. The van der Waals surface area contributed by atoms with E-state index in [9.17, 15) is 14.4 Å². The molecule has 5 aromatic carbocycles. The predicted molar refractivity (Wildman–Crippen MR) is 254 cm³/mol. The molecule has 66 heavy (non-hydrogen) atoms. The summed E-state index contributed by atoms with van der Waals surface area (Å²) < 4.78 is 13.2. The van der Waals surface area contributed by atoms with Crippen LogP contribution in [0.15, 0.2) is 189 Å². The highest BCUT2D eigenvalue weighted by molar-refractivity contribution is 8.03. The number of nitrogens with zero attached hydrogens (tertiary/aromatic N) is 5. The van der Waals surface area contributed by atoms with Gasteiger partial charge in [0.05, 0.1) is 6.61 Å². The lowest BCUT2D eigenvalue weighted by atomic mass is 9.77. The van der Waals surface area contributed by atoms with E-state index in [1.165, 1.54) is 46.4 Å². The van der Waals surface area contributed by atoms with Crippen molar-refractivity contribution in [3.05, 3.63) is 218 Å². The number of oxime groups is 1. The third-order valence-corrected chi connectivity index (χ3v) is 13.4. The molecule has 4 heterocycles. The van der Waals surface area contributed by atoms with Gasteiger partial charge in [0.15, 0.2) is 33.6 Å². The zero-order valence-corrected chi connectivity index (χ0v) is 38.0. The van der Waals surface area contributed by atoms with E-state index in [1.807, 2.05) is 122 Å². The van der Waals surface area contributed by atoms with Crippen LogP contribution in [0, 0.1) is 6.92 Å². The lowest BCUT2D eigenvalue weighted by molar-refractivity contribution is -0.185. The smallest absolute Gasteiger partial charge is 0.356 e. The predicted octanol–water partition coefficient (Wildman–Crippen LogP) is 8.63. The Hall–Kier alpha value is -7.24. The minimum atomic E-state index is -1.18. The Bertz CT molecular complexity index is 2780. The molecule has 1 fully saturated rings. The first kappa shape index (κ1) is 44.0. The molecule has 2 unspecified atom stereocenters. The van der Waals surface area contributed by atoms with Crippen LogP contribution in [0.5, 0.6) is 0 Å². The number of benzene rings is 5. The van der Waals surface area contributed by atoms with E-state index in [0.717, 1.165) is 32.8 Å². The molecule has 9 rings (SSSR count). The Morgan fingerprint density at radius 1 is 0.848 bits per heavy atom. The molecule has 13 nitrogen and oxygen atoms in total. The molecule has 0 spiro atoms. The molecular weight excluding hydrogens is 891 g/mol. The third-order valence-electron chi connectivity index (χ3n) is 10.9. The summed E-state index contributed by atoms with van der Waals surface area (Å²) in [6, 6.07) is 47.8. The minimum absolute atomic E-state index is 0.00337. The monoisotopic (exact) mass is 931 g/mol. The maximum absolute atomic E-state index is 14.5. The zero-order valence-electron chi connectivity index (χ0n) is 35.5. The number of esters is 1. The topological polar surface area (TPSA) is 157 Å². The first-order valence-corrected chi connectivity index (χ1v) is 23.4. The van der Waals surface area contributed by atoms with E-state index < -0.39 is 41.7 Å². The van der Waals surface area contributed by atoms with Gasteiger partial charge in [-0.1, -0.05) is 180 Å². The Labute approximate surface area is 392 Å². The second-order valence-electron chi connectivity index (χ2n) is 15.0. The van der Waals surface area contributed by atoms with E-state index in [-0.39, 0.29) is 23.7 Å². The fourth-order valence-corrected chi connectivity index (χ4v) is 10.2. The first-order valence-electron chi connectivity index (χ1n) is 20.8. The number of carbonyl (C=O) groups is 3. The molecular formula is C50H41N7O6S3. The van der Waals surface area contributed by atoms with Gasteiger partial charge in [0, 0.05) is 11.0 Å². The molecule has 1 saturated heterocycles. The van der Waals surface area contributed by atoms with E-state index in [2.05, 4.69) is 62.4 Å². The summed E-state index contributed by atoms with van der Waals surface area (Å²) in [5, 5.41) is 23.6. The maximum atomic E-state index is 14.5. The van der Waals surface area contributed by atoms with Gasteiger partial charge in [-0.3, -0.25) is 14.5 Å². The van der Waals surface area contributed by atoms with E-state index in [4.69, 9.17) is 19.3 Å². The molecule has 7 aromatic rings. The van der Waals surface area contributed by atoms with Crippen molar-refractivity contribution in [1.29, 1.82) is 0 Å². The number of fused-ring (bicyclic) bond motifs is 1. The number of rotatable bonds is 16. The fourth-order valence-electron chi connectivity index (χ4n) is 7.89. The second kappa shape index (κ2) is 19.9. The zero-order chi connectivity index (χ0) is 45.5. The van der Waals surface area contributed by atoms with Gasteiger partial charge in [0.1, 0.15) is 29.0 Å². The number of aryl methyl sites for hydroxylation is 1. The Kier molecular flexibility index (Phi) is 13.2. The molecule has 0 radical (unpaired) electrons.